The van der Waals surface area contributed by atoms with Crippen LogP contribution in [0.25, 0.3) is 5.57 Å². The van der Waals surface area contributed by atoms with Crippen molar-refractivity contribution in [3.63, 3.8) is 0 Å². The van der Waals surface area contributed by atoms with Gasteiger partial charge in [-0.05, 0) is 35.4 Å². The number of hydrogen-bond acceptors (Lipinski definition) is 4. The molecule has 1 saturated heterocycles. The largest absolute Gasteiger partial charge is 0.447 e. The van der Waals surface area contributed by atoms with E-state index in [1.54, 1.807) is 4.90 Å². The second-order valence-corrected chi connectivity index (χ2v) is 6.79. The van der Waals surface area contributed by atoms with E-state index in [1.807, 2.05) is 23.9 Å². The number of benzene rings is 1. The molecule has 23 heavy (non-hydrogen) atoms. The van der Waals surface area contributed by atoms with Crippen molar-refractivity contribution in [3.8, 4) is 0 Å². The molecule has 6 heteroatoms. The van der Waals surface area contributed by atoms with Gasteiger partial charge in [-0.3, -0.25) is 9.69 Å². The monoisotopic (exact) mass is 332 g/mol. The average molecular weight is 332 g/mol. The number of carbonyl (C=O) groups excluding carboxylic acids is 2. The van der Waals surface area contributed by atoms with Crippen LogP contribution in [0.4, 0.5) is 10.5 Å². The Kier molecular flexibility index (Phi) is 4.91. The Morgan fingerprint density at radius 2 is 2.17 bits per heavy atom. The molecule has 0 bridgehead atoms. The molecule has 0 spiro atoms. The number of allylic oxidation sites excluding steroid dienone is 1. The fourth-order valence-electron chi connectivity index (χ4n) is 2.81. The predicted octanol–water partition coefficient (Wildman–Crippen LogP) is 2.67. The van der Waals surface area contributed by atoms with Crippen LogP contribution in [0.2, 0.25) is 0 Å². The van der Waals surface area contributed by atoms with E-state index in [4.69, 9.17) is 4.74 Å². The fourth-order valence-corrected chi connectivity index (χ4v) is 3.66. The SMILES string of the molecule is CC(=O)NC[C@H]1COC(=O)N1c1ccc(C2=CCSCC2)cc1. The van der Waals surface area contributed by atoms with Crippen molar-refractivity contribution in [2.75, 3.05) is 29.6 Å². The average Bonchev–Trinajstić information content (AvgIpc) is 2.95. The van der Waals surface area contributed by atoms with Crippen molar-refractivity contribution in [2.45, 2.75) is 19.4 Å². The van der Waals surface area contributed by atoms with E-state index in [1.165, 1.54) is 18.1 Å². The zero-order valence-electron chi connectivity index (χ0n) is 13.1. The van der Waals surface area contributed by atoms with Crippen LogP contribution in [0.1, 0.15) is 18.9 Å². The van der Waals surface area contributed by atoms with Gasteiger partial charge < -0.3 is 10.1 Å². The van der Waals surface area contributed by atoms with Gasteiger partial charge in [0.2, 0.25) is 5.91 Å². The Morgan fingerprint density at radius 3 is 2.83 bits per heavy atom. The minimum absolute atomic E-state index is 0.109. The van der Waals surface area contributed by atoms with Crippen molar-refractivity contribution in [3.05, 3.63) is 35.9 Å². The summed E-state index contributed by atoms with van der Waals surface area (Å²) < 4.78 is 5.13. The molecule has 3 rings (SSSR count). The molecule has 2 amide bonds. The van der Waals surface area contributed by atoms with Crippen LogP contribution in [-0.4, -0.2) is 42.7 Å². The summed E-state index contributed by atoms with van der Waals surface area (Å²) in [6.45, 7) is 2.15. The second kappa shape index (κ2) is 7.08. The first-order valence-electron chi connectivity index (χ1n) is 7.73. The lowest BCUT2D eigenvalue weighted by atomic mass is 10.0. The Hall–Kier alpha value is -1.95. The van der Waals surface area contributed by atoms with E-state index in [0.717, 1.165) is 23.6 Å². The van der Waals surface area contributed by atoms with Gasteiger partial charge >= 0.3 is 6.09 Å². The van der Waals surface area contributed by atoms with Gasteiger partial charge in [0.25, 0.3) is 0 Å². The fraction of sp³-hybridized carbons (Fsp3) is 0.412. The van der Waals surface area contributed by atoms with Crippen molar-refractivity contribution >= 4 is 35.0 Å². The minimum Gasteiger partial charge on any atom is -0.447 e. The second-order valence-electron chi connectivity index (χ2n) is 5.64. The van der Waals surface area contributed by atoms with Crippen LogP contribution in [0.3, 0.4) is 0 Å². The van der Waals surface area contributed by atoms with Crippen molar-refractivity contribution in [1.82, 2.24) is 5.32 Å². The summed E-state index contributed by atoms with van der Waals surface area (Å²) in [6, 6.07) is 7.84. The maximum Gasteiger partial charge on any atom is 0.414 e. The molecule has 1 fully saturated rings. The summed E-state index contributed by atoms with van der Waals surface area (Å²) in [5.41, 5.74) is 3.38. The van der Waals surface area contributed by atoms with E-state index < -0.39 is 0 Å². The van der Waals surface area contributed by atoms with Gasteiger partial charge in [0.05, 0.1) is 6.04 Å². The van der Waals surface area contributed by atoms with E-state index >= 15 is 0 Å². The van der Waals surface area contributed by atoms with Crippen LogP contribution in [0.5, 0.6) is 0 Å². The highest BCUT2D eigenvalue weighted by atomic mass is 32.2. The lowest BCUT2D eigenvalue weighted by molar-refractivity contribution is -0.119. The maximum atomic E-state index is 12.0. The van der Waals surface area contributed by atoms with Gasteiger partial charge in [-0.1, -0.05) is 18.2 Å². The Bertz CT molecular complexity index is 627. The number of cyclic esters (lactones) is 1. The molecule has 2 aliphatic heterocycles. The van der Waals surface area contributed by atoms with Gasteiger partial charge in [-0.25, -0.2) is 4.79 Å². The van der Waals surface area contributed by atoms with Gasteiger partial charge in [-0.2, -0.15) is 11.8 Å². The lowest BCUT2D eigenvalue weighted by Crippen LogP contribution is -2.42. The molecule has 0 saturated carbocycles. The number of anilines is 1. The van der Waals surface area contributed by atoms with Gasteiger partial charge in [-0.15, -0.1) is 0 Å². The number of nitrogens with zero attached hydrogens (tertiary/aromatic N) is 1. The molecule has 0 aromatic heterocycles. The van der Waals surface area contributed by atoms with Crippen LogP contribution in [-0.2, 0) is 9.53 Å². The molecule has 122 valence electrons. The van der Waals surface area contributed by atoms with Gasteiger partial charge in [0.1, 0.15) is 6.61 Å². The third-order valence-corrected chi connectivity index (χ3v) is 4.92. The Morgan fingerprint density at radius 1 is 1.39 bits per heavy atom. The molecule has 5 nitrogen and oxygen atoms in total. The standard InChI is InChI=1S/C17H20N2O3S/c1-12(20)18-10-16-11-22-17(21)19(16)15-4-2-13(3-5-15)14-6-8-23-9-7-14/h2-6,16H,7-11H2,1H3,(H,18,20)/t16-/m0/s1. The van der Waals surface area contributed by atoms with E-state index in [0.29, 0.717) is 13.2 Å². The number of carbonyl (C=O) groups is 2. The quantitative estimate of drug-likeness (QED) is 0.921. The van der Waals surface area contributed by atoms with E-state index in [9.17, 15) is 9.59 Å². The number of nitrogens with one attached hydrogen (secondary N) is 1. The molecule has 1 aromatic carbocycles. The first-order chi connectivity index (χ1) is 11.1. The molecule has 0 radical (unpaired) electrons. The summed E-state index contributed by atoms with van der Waals surface area (Å²) in [7, 11) is 0. The molecular weight excluding hydrogens is 312 g/mol. The molecule has 1 aromatic rings. The number of thioether (sulfide) groups is 1. The topological polar surface area (TPSA) is 58.6 Å². The normalized spacial score (nSPS) is 20.9. The van der Waals surface area contributed by atoms with E-state index in [2.05, 4.69) is 23.5 Å². The minimum atomic E-state index is -0.360. The third-order valence-electron chi connectivity index (χ3n) is 4.03. The molecule has 2 heterocycles. The van der Waals surface area contributed by atoms with Crippen LogP contribution < -0.4 is 10.2 Å². The summed E-state index contributed by atoms with van der Waals surface area (Å²) in [5.74, 6) is 2.11. The summed E-state index contributed by atoms with van der Waals surface area (Å²) >= 11 is 1.94. The molecule has 0 aliphatic carbocycles. The van der Waals surface area contributed by atoms with Crippen LogP contribution in [0.15, 0.2) is 30.3 Å². The zero-order chi connectivity index (χ0) is 16.2. The Labute approximate surface area is 140 Å². The number of amides is 2. The molecule has 1 N–H and O–H groups in total. The number of rotatable bonds is 4. The number of ether oxygens (including phenoxy) is 1. The summed E-state index contributed by atoms with van der Waals surface area (Å²) in [6.07, 6.45) is 3.00. The van der Waals surface area contributed by atoms with Crippen molar-refractivity contribution in [2.24, 2.45) is 0 Å². The summed E-state index contributed by atoms with van der Waals surface area (Å²) in [4.78, 5) is 24.7. The van der Waals surface area contributed by atoms with Gasteiger partial charge in [0.15, 0.2) is 0 Å². The first kappa shape index (κ1) is 15.9. The first-order valence-corrected chi connectivity index (χ1v) is 8.88. The van der Waals surface area contributed by atoms with E-state index in [-0.39, 0.29) is 18.0 Å². The third kappa shape index (κ3) is 3.69. The molecular formula is C17H20N2O3S. The zero-order valence-corrected chi connectivity index (χ0v) is 13.9. The van der Waals surface area contributed by atoms with Crippen LogP contribution in [0, 0.1) is 0 Å². The summed E-state index contributed by atoms with van der Waals surface area (Å²) in [5, 5.41) is 2.75. The molecule has 1 atom stereocenters. The maximum absolute atomic E-state index is 12.0. The highest BCUT2D eigenvalue weighted by molar-refractivity contribution is 7.99. The molecule has 0 unspecified atom stereocenters. The molecule has 2 aliphatic rings. The highest BCUT2D eigenvalue weighted by Crippen LogP contribution is 2.29. The Balaban J connectivity index is 1.75. The highest BCUT2D eigenvalue weighted by Gasteiger charge is 2.34. The van der Waals surface area contributed by atoms with Crippen molar-refractivity contribution < 1.29 is 14.3 Å². The lowest BCUT2D eigenvalue weighted by Gasteiger charge is -2.22. The predicted molar refractivity (Wildman–Crippen MR) is 92.7 cm³/mol. The van der Waals surface area contributed by atoms with Crippen LogP contribution >= 0.6 is 11.8 Å². The van der Waals surface area contributed by atoms with Gasteiger partial charge in [0, 0.05) is 24.9 Å². The van der Waals surface area contributed by atoms with Crippen molar-refractivity contribution in [1.29, 1.82) is 0 Å². The smallest absolute Gasteiger partial charge is 0.414 e. The number of hydrogen-bond donors (Lipinski definition) is 1.